The molecule has 0 aromatic carbocycles. The maximum Gasteiger partial charge on any atom is 0.180 e. The van der Waals surface area contributed by atoms with E-state index in [1.54, 1.807) is 13.8 Å². The average Bonchev–Trinajstić information content (AvgIpc) is 3.43. The quantitative estimate of drug-likeness (QED) is 0.708. The number of halogens is 1. The number of hydrogen-bond donors (Lipinski definition) is 1. The second-order valence-corrected chi connectivity index (χ2v) is 9.41. The van der Waals surface area contributed by atoms with Crippen LogP contribution >= 0.6 is 38.6 Å². The van der Waals surface area contributed by atoms with Gasteiger partial charge in [-0.1, -0.05) is 11.3 Å². The first kappa shape index (κ1) is 17.7. The third-order valence-corrected chi connectivity index (χ3v) is 6.49. The molecule has 2 aliphatic carbocycles. The summed E-state index contributed by atoms with van der Waals surface area (Å²) < 4.78 is 0.828. The molecule has 0 amide bonds. The standard InChI is InChI=1S/C8H8BrNOS.C8H10N2OS/c2*1-4(11)7-6(5-2-3-5)10-8(9)12-7/h5H,2-3H2,1H3;5H,2-3H2,1H3,(H2,9,10). The molecule has 128 valence electrons. The van der Waals surface area contributed by atoms with Crippen molar-refractivity contribution in [3.8, 4) is 0 Å². The zero-order chi connectivity index (χ0) is 17.4. The fraction of sp³-hybridized carbons (Fsp3) is 0.500. The number of carbonyl (C=O) groups is 2. The lowest BCUT2D eigenvalue weighted by atomic mass is 10.2. The summed E-state index contributed by atoms with van der Waals surface area (Å²) in [4.78, 5) is 32.4. The molecule has 2 heterocycles. The van der Waals surface area contributed by atoms with E-state index in [0.29, 0.717) is 17.0 Å². The molecule has 0 aliphatic heterocycles. The van der Waals surface area contributed by atoms with Crippen LogP contribution in [0.1, 0.15) is 82.1 Å². The van der Waals surface area contributed by atoms with Gasteiger partial charge in [0.15, 0.2) is 20.6 Å². The Morgan fingerprint density at radius 3 is 1.88 bits per heavy atom. The molecule has 2 aliphatic rings. The minimum atomic E-state index is 0.0890. The zero-order valence-corrected chi connectivity index (χ0v) is 16.7. The molecule has 0 saturated heterocycles. The normalized spacial score (nSPS) is 16.5. The molecule has 2 aromatic heterocycles. The first-order chi connectivity index (χ1) is 11.4. The number of thiazole rings is 2. The van der Waals surface area contributed by atoms with E-state index in [4.69, 9.17) is 5.73 Å². The molecule has 0 atom stereocenters. The van der Waals surface area contributed by atoms with Crippen molar-refractivity contribution in [2.24, 2.45) is 0 Å². The zero-order valence-electron chi connectivity index (χ0n) is 13.5. The summed E-state index contributed by atoms with van der Waals surface area (Å²) in [6.45, 7) is 3.17. The van der Waals surface area contributed by atoms with Crippen LogP contribution in [0.3, 0.4) is 0 Å². The summed E-state index contributed by atoms with van der Waals surface area (Å²) in [6.07, 6.45) is 4.69. The van der Waals surface area contributed by atoms with Crippen molar-refractivity contribution < 1.29 is 9.59 Å². The molecule has 2 saturated carbocycles. The predicted octanol–water partition coefficient (Wildman–Crippen LogP) is 4.79. The van der Waals surface area contributed by atoms with Crippen LogP contribution < -0.4 is 5.73 Å². The van der Waals surface area contributed by atoms with Gasteiger partial charge in [0.2, 0.25) is 0 Å². The van der Waals surface area contributed by atoms with Crippen molar-refractivity contribution in [3.63, 3.8) is 0 Å². The highest BCUT2D eigenvalue weighted by Gasteiger charge is 2.31. The van der Waals surface area contributed by atoms with Crippen molar-refractivity contribution in [3.05, 3.63) is 25.1 Å². The van der Waals surface area contributed by atoms with Crippen LogP contribution in [0.2, 0.25) is 0 Å². The maximum absolute atomic E-state index is 11.2. The number of ketones is 2. The van der Waals surface area contributed by atoms with Gasteiger partial charge in [-0.2, -0.15) is 0 Å². The molecule has 4 rings (SSSR count). The molecule has 2 aromatic rings. The molecule has 8 heteroatoms. The van der Waals surface area contributed by atoms with Crippen molar-refractivity contribution in [2.45, 2.75) is 51.4 Å². The summed E-state index contributed by atoms with van der Waals surface area (Å²) >= 11 is 6.06. The van der Waals surface area contributed by atoms with Crippen LogP contribution in [0.4, 0.5) is 5.13 Å². The molecule has 24 heavy (non-hydrogen) atoms. The third kappa shape index (κ3) is 4.10. The number of nitrogen functional groups attached to an aromatic ring is 1. The van der Waals surface area contributed by atoms with E-state index in [9.17, 15) is 9.59 Å². The van der Waals surface area contributed by atoms with E-state index in [1.165, 1.54) is 35.5 Å². The van der Waals surface area contributed by atoms with Crippen molar-refractivity contribution in [1.29, 1.82) is 0 Å². The van der Waals surface area contributed by atoms with Crippen molar-refractivity contribution in [2.75, 3.05) is 5.73 Å². The minimum Gasteiger partial charge on any atom is -0.375 e. The van der Waals surface area contributed by atoms with Gasteiger partial charge in [0.05, 0.1) is 21.1 Å². The van der Waals surface area contributed by atoms with E-state index < -0.39 is 0 Å². The molecule has 0 spiro atoms. The van der Waals surface area contributed by atoms with Gasteiger partial charge in [-0.15, -0.1) is 11.3 Å². The topological polar surface area (TPSA) is 85.9 Å². The summed E-state index contributed by atoms with van der Waals surface area (Å²) in [5.41, 5.74) is 7.49. The van der Waals surface area contributed by atoms with Crippen LogP contribution in [-0.2, 0) is 0 Å². The number of nitrogens with two attached hydrogens (primary N) is 1. The Bertz CT molecular complexity index is 725. The fourth-order valence-electron chi connectivity index (χ4n) is 2.43. The lowest BCUT2D eigenvalue weighted by molar-refractivity contribution is 0.101. The highest BCUT2D eigenvalue weighted by molar-refractivity contribution is 9.11. The molecule has 0 unspecified atom stereocenters. The van der Waals surface area contributed by atoms with Crippen molar-refractivity contribution >= 4 is 55.3 Å². The van der Waals surface area contributed by atoms with E-state index in [2.05, 4.69) is 25.9 Å². The lowest BCUT2D eigenvalue weighted by Gasteiger charge is -1.92. The molecule has 5 nitrogen and oxygen atoms in total. The fourth-order valence-corrected chi connectivity index (χ4v) is 4.69. The number of nitrogens with zero attached hydrogens (tertiary/aromatic N) is 2. The molecular weight excluding hydrogens is 410 g/mol. The largest absolute Gasteiger partial charge is 0.375 e. The monoisotopic (exact) mass is 427 g/mol. The molecule has 2 N–H and O–H groups in total. The highest BCUT2D eigenvalue weighted by Crippen LogP contribution is 2.44. The summed E-state index contributed by atoms with van der Waals surface area (Å²) in [7, 11) is 0. The minimum absolute atomic E-state index is 0.0890. The van der Waals surface area contributed by atoms with Gasteiger partial charge in [0, 0.05) is 25.7 Å². The third-order valence-electron chi connectivity index (χ3n) is 3.86. The second-order valence-electron chi connectivity index (χ2n) is 6.11. The number of carbonyl (C=O) groups excluding carboxylic acids is 2. The Kier molecular flexibility index (Phi) is 5.17. The van der Waals surface area contributed by atoms with Gasteiger partial charge in [-0.3, -0.25) is 9.59 Å². The van der Waals surface area contributed by atoms with E-state index >= 15 is 0 Å². The van der Waals surface area contributed by atoms with Crippen LogP contribution in [0.25, 0.3) is 0 Å². The summed E-state index contributed by atoms with van der Waals surface area (Å²) in [6, 6.07) is 0. The lowest BCUT2D eigenvalue weighted by Crippen LogP contribution is -1.93. The summed E-state index contributed by atoms with van der Waals surface area (Å²) in [5, 5.41) is 0.516. The Balaban J connectivity index is 0.000000141. The number of Topliss-reactive ketones (excluding diaryl/α,β-unsaturated/α-hetero) is 2. The Morgan fingerprint density at radius 2 is 1.42 bits per heavy atom. The Labute approximate surface area is 156 Å². The maximum atomic E-state index is 11.2. The van der Waals surface area contributed by atoms with Crippen LogP contribution in [-0.4, -0.2) is 21.5 Å². The van der Waals surface area contributed by atoms with Crippen LogP contribution in [0, 0.1) is 0 Å². The van der Waals surface area contributed by atoms with Gasteiger partial charge in [0.25, 0.3) is 0 Å². The first-order valence-corrected chi connectivity index (χ1v) is 10.2. The van der Waals surface area contributed by atoms with Gasteiger partial charge in [-0.25, -0.2) is 9.97 Å². The van der Waals surface area contributed by atoms with Gasteiger partial charge < -0.3 is 5.73 Å². The molecular formula is C16H18BrN3O2S2. The number of anilines is 1. The van der Waals surface area contributed by atoms with Gasteiger partial charge in [0.1, 0.15) is 0 Å². The Morgan fingerprint density at radius 1 is 0.958 bits per heavy atom. The number of aromatic nitrogens is 2. The smallest absolute Gasteiger partial charge is 0.180 e. The Hall–Kier alpha value is -1.12. The van der Waals surface area contributed by atoms with Gasteiger partial charge >= 0.3 is 0 Å². The molecule has 2 fully saturated rings. The highest BCUT2D eigenvalue weighted by atomic mass is 79.9. The van der Waals surface area contributed by atoms with Crippen LogP contribution in [0.5, 0.6) is 0 Å². The van der Waals surface area contributed by atoms with E-state index in [1.807, 2.05) is 0 Å². The SMILES string of the molecule is CC(=O)c1sc(Br)nc1C1CC1.CC(=O)c1sc(N)nc1C1CC1. The number of rotatable bonds is 4. The van der Waals surface area contributed by atoms with Gasteiger partial charge in [-0.05, 0) is 41.6 Å². The molecule has 0 radical (unpaired) electrons. The predicted molar refractivity (Wildman–Crippen MR) is 100 cm³/mol. The first-order valence-electron chi connectivity index (χ1n) is 7.81. The summed E-state index contributed by atoms with van der Waals surface area (Å²) in [5.74, 6) is 1.30. The number of hydrogen-bond acceptors (Lipinski definition) is 7. The van der Waals surface area contributed by atoms with E-state index in [0.717, 1.165) is 37.9 Å². The van der Waals surface area contributed by atoms with Crippen molar-refractivity contribution in [1.82, 2.24) is 9.97 Å². The average molecular weight is 428 g/mol. The second kappa shape index (κ2) is 7.01. The molecule has 0 bridgehead atoms. The van der Waals surface area contributed by atoms with E-state index in [-0.39, 0.29) is 11.6 Å². The van der Waals surface area contributed by atoms with Crippen LogP contribution in [0.15, 0.2) is 3.92 Å².